The third kappa shape index (κ3) is 3.63. The van der Waals surface area contributed by atoms with Crippen molar-refractivity contribution in [2.45, 2.75) is 18.9 Å². The summed E-state index contributed by atoms with van der Waals surface area (Å²) in [7, 11) is -1.72. The lowest BCUT2D eigenvalue weighted by atomic mass is 10.2. The zero-order valence-electron chi connectivity index (χ0n) is 10.5. The Morgan fingerprint density at radius 2 is 2.26 bits per heavy atom. The Labute approximate surface area is 111 Å². The van der Waals surface area contributed by atoms with Crippen molar-refractivity contribution in [3.05, 3.63) is 18.1 Å². The normalized spacial score (nSPS) is 21.6. The first kappa shape index (κ1) is 13.7. The van der Waals surface area contributed by atoms with Crippen LogP contribution >= 0.6 is 0 Å². The Morgan fingerprint density at radius 1 is 1.47 bits per heavy atom. The molecule has 1 aliphatic heterocycles. The molecule has 1 fully saturated rings. The average molecular weight is 285 g/mol. The SMILES string of the molecule is COC(=O)c1cncc(NC2CCCS(=O)(=O)C2)n1. The van der Waals surface area contributed by atoms with E-state index >= 15 is 0 Å². The molecule has 1 N–H and O–H groups in total. The zero-order valence-corrected chi connectivity index (χ0v) is 11.3. The number of carbonyl (C=O) groups is 1. The number of anilines is 1. The molecule has 1 aliphatic rings. The van der Waals surface area contributed by atoms with Crippen LogP contribution in [0.3, 0.4) is 0 Å². The lowest BCUT2D eigenvalue weighted by Crippen LogP contribution is -2.35. The fraction of sp³-hybridized carbons (Fsp3) is 0.545. The number of sulfone groups is 1. The number of carbonyl (C=O) groups excluding carboxylic acids is 1. The Morgan fingerprint density at radius 3 is 2.95 bits per heavy atom. The molecule has 0 spiro atoms. The molecule has 0 amide bonds. The molecule has 2 rings (SSSR count). The standard InChI is InChI=1S/C11H15N3O4S/c1-18-11(15)9-5-12-6-10(14-9)13-8-3-2-4-19(16,17)7-8/h5-6,8H,2-4,7H2,1H3,(H,13,14). The Balaban J connectivity index is 2.09. The molecule has 1 saturated heterocycles. The van der Waals surface area contributed by atoms with Crippen molar-refractivity contribution in [2.75, 3.05) is 23.9 Å². The highest BCUT2D eigenvalue weighted by Crippen LogP contribution is 2.16. The second-order valence-electron chi connectivity index (χ2n) is 4.38. The zero-order chi connectivity index (χ0) is 13.9. The molecule has 0 aromatic carbocycles. The molecule has 7 nitrogen and oxygen atoms in total. The van der Waals surface area contributed by atoms with Gasteiger partial charge in [-0.2, -0.15) is 0 Å². The van der Waals surface area contributed by atoms with Crippen molar-refractivity contribution in [2.24, 2.45) is 0 Å². The highest BCUT2D eigenvalue weighted by molar-refractivity contribution is 7.91. The second-order valence-corrected chi connectivity index (χ2v) is 6.61. The average Bonchev–Trinajstić information content (AvgIpc) is 2.37. The summed E-state index contributed by atoms with van der Waals surface area (Å²) in [5, 5.41) is 3.00. The summed E-state index contributed by atoms with van der Waals surface area (Å²) in [5.74, 6) is 0.119. The first-order chi connectivity index (χ1) is 9.00. The van der Waals surface area contributed by atoms with Gasteiger partial charge in [-0.25, -0.2) is 18.2 Å². The van der Waals surface area contributed by atoms with Crippen LogP contribution in [0.2, 0.25) is 0 Å². The minimum absolute atomic E-state index is 0.0805. The van der Waals surface area contributed by atoms with E-state index in [9.17, 15) is 13.2 Å². The van der Waals surface area contributed by atoms with Gasteiger partial charge in [-0.3, -0.25) is 4.98 Å². The van der Waals surface area contributed by atoms with Crippen LogP contribution in [-0.2, 0) is 14.6 Å². The molecule has 1 atom stereocenters. The number of aromatic nitrogens is 2. The van der Waals surface area contributed by atoms with Crippen molar-refractivity contribution in [1.82, 2.24) is 9.97 Å². The summed E-state index contributed by atoms with van der Waals surface area (Å²) in [5.41, 5.74) is 0.0890. The van der Waals surface area contributed by atoms with Crippen LogP contribution in [0, 0.1) is 0 Å². The third-order valence-electron chi connectivity index (χ3n) is 2.84. The third-order valence-corrected chi connectivity index (χ3v) is 4.67. The van der Waals surface area contributed by atoms with E-state index in [4.69, 9.17) is 0 Å². The van der Waals surface area contributed by atoms with Gasteiger partial charge in [0.05, 0.1) is 31.0 Å². The topological polar surface area (TPSA) is 98.2 Å². The molecule has 104 valence electrons. The summed E-state index contributed by atoms with van der Waals surface area (Å²) in [6.07, 6.45) is 4.13. The number of methoxy groups -OCH3 is 1. The molecule has 1 unspecified atom stereocenters. The molecular weight excluding hydrogens is 270 g/mol. The van der Waals surface area contributed by atoms with E-state index < -0.39 is 15.8 Å². The van der Waals surface area contributed by atoms with Crippen molar-refractivity contribution < 1.29 is 17.9 Å². The van der Waals surface area contributed by atoms with Gasteiger partial charge < -0.3 is 10.1 Å². The van der Waals surface area contributed by atoms with Gasteiger partial charge in [-0.05, 0) is 12.8 Å². The predicted molar refractivity (Wildman–Crippen MR) is 68.7 cm³/mol. The quantitative estimate of drug-likeness (QED) is 0.795. The van der Waals surface area contributed by atoms with E-state index in [1.54, 1.807) is 0 Å². The van der Waals surface area contributed by atoms with Gasteiger partial charge in [-0.1, -0.05) is 0 Å². The first-order valence-corrected chi connectivity index (χ1v) is 7.69. The van der Waals surface area contributed by atoms with Crippen LogP contribution in [-0.4, -0.2) is 49.0 Å². The monoisotopic (exact) mass is 285 g/mol. The molecule has 19 heavy (non-hydrogen) atoms. The van der Waals surface area contributed by atoms with Gasteiger partial charge in [0.25, 0.3) is 0 Å². The first-order valence-electron chi connectivity index (χ1n) is 5.87. The minimum atomic E-state index is -2.99. The predicted octanol–water partition coefficient (Wildman–Crippen LogP) is 0.252. The minimum Gasteiger partial charge on any atom is -0.464 e. The molecule has 1 aromatic rings. The maximum Gasteiger partial charge on any atom is 0.358 e. The number of rotatable bonds is 3. The van der Waals surface area contributed by atoms with Gasteiger partial charge in [0.15, 0.2) is 15.5 Å². The van der Waals surface area contributed by atoms with Gasteiger partial charge in [0.2, 0.25) is 0 Å². The summed E-state index contributed by atoms with van der Waals surface area (Å²) in [6, 6.07) is -0.194. The summed E-state index contributed by atoms with van der Waals surface area (Å²) in [4.78, 5) is 19.2. The van der Waals surface area contributed by atoms with E-state index in [2.05, 4.69) is 20.0 Å². The van der Waals surface area contributed by atoms with Crippen LogP contribution in [0.25, 0.3) is 0 Å². The van der Waals surface area contributed by atoms with Crippen molar-refractivity contribution in [3.63, 3.8) is 0 Å². The fourth-order valence-electron chi connectivity index (χ4n) is 1.98. The van der Waals surface area contributed by atoms with Crippen molar-refractivity contribution >= 4 is 21.6 Å². The van der Waals surface area contributed by atoms with Gasteiger partial charge >= 0.3 is 5.97 Å². The fourth-order valence-corrected chi connectivity index (χ4v) is 3.62. The molecule has 8 heteroatoms. The molecule has 0 bridgehead atoms. The van der Waals surface area contributed by atoms with Crippen LogP contribution in [0.1, 0.15) is 23.3 Å². The van der Waals surface area contributed by atoms with E-state index in [0.29, 0.717) is 12.2 Å². The summed E-state index contributed by atoms with van der Waals surface area (Å²) in [6.45, 7) is 0. The number of hydrogen-bond acceptors (Lipinski definition) is 7. The largest absolute Gasteiger partial charge is 0.464 e. The van der Waals surface area contributed by atoms with Gasteiger partial charge in [-0.15, -0.1) is 0 Å². The number of nitrogens with one attached hydrogen (secondary N) is 1. The van der Waals surface area contributed by atoms with E-state index in [1.165, 1.54) is 19.5 Å². The lowest BCUT2D eigenvalue weighted by Gasteiger charge is -2.23. The maximum absolute atomic E-state index is 11.5. The Bertz CT molecular complexity index is 573. The van der Waals surface area contributed by atoms with Crippen LogP contribution in [0.15, 0.2) is 12.4 Å². The van der Waals surface area contributed by atoms with Gasteiger partial charge in [0, 0.05) is 6.04 Å². The lowest BCUT2D eigenvalue weighted by molar-refractivity contribution is 0.0593. The van der Waals surface area contributed by atoms with E-state index in [1.807, 2.05) is 0 Å². The molecule has 0 aliphatic carbocycles. The van der Waals surface area contributed by atoms with E-state index in [-0.39, 0.29) is 23.2 Å². The summed E-state index contributed by atoms with van der Waals surface area (Å²) < 4.78 is 27.6. The van der Waals surface area contributed by atoms with Crippen molar-refractivity contribution in [3.8, 4) is 0 Å². The second kappa shape index (κ2) is 5.52. The van der Waals surface area contributed by atoms with Crippen LogP contribution < -0.4 is 5.32 Å². The highest BCUT2D eigenvalue weighted by Gasteiger charge is 2.25. The van der Waals surface area contributed by atoms with Crippen LogP contribution in [0.4, 0.5) is 5.82 Å². The Kier molecular flexibility index (Phi) is 3.98. The van der Waals surface area contributed by atoms with Crippen molar-refractivity contribution in [1.29, 1.82) is 0 Å². The smallest absolute Gasteiger partial charge is 0.358 e. The molecule has 0 radical (unpaired) electrons. The number of hydrogen-bond donors (Lipinski definition) is 1. The summed E-state index contributed by atoms with van der Waals surface area (Å²) >= 11 is 0. The van der Waals surface area contributed by atoms with Gasteiger partial charge in [0.1, 0.15) is 5.82 Å². The Hall–Kier alpha value is -1.70. The number of esters is 1. The molecule has 1 aromatic heterocycles. The number of nitrogens with zero attached hydrogens (tertiary/aromatic N) is 2. The van der Waals surface area contributed by atoms with E-state index in [0.717, 1.165) is 6.42 Å². The molecule has 2 heterocycles. The highest BCUT2D eigenvalue weighted by atomic mass is 32.2. The number of ether oxygens (including phenoxy) is 1. The molecular formula is C11H15N3O4S. The molecule has 0 saturated carbocycles. The van der Waals surface area contributed by atoms with Crippen LogP contribution in [0.5, 0.6) is 0 Å². The maximum atomic E-state index is 11.5.